The van der Waals surface area contributed by atoms with Crippen molar-refractivity contribution in [2.45, 2.75) is 19.3 Å². The van der Waals surface area contributed by atoms with Crippen molar-refractivity contribution >= 4 is 21.9 Å². The maximum absolute atomic E-state index is 14.3. The highest BCUT2D eigenvalue weighted by Gasteiger charge is 2.28. The molecule has 7 heteroatoms. The molecule has 0 saturated heterocycles. The van der Waals surface area contributed by atoms with E-state index in [1.165, 1.54) is 6.07 Å². The van der Waals surface area contributed by atoms with Crippen molar-refractivity contribution in [1.82, 2.24) is 19.7 Å². The third kappa shape index (κ3) is 3.47. The number of hydrogen-bond acceptors (Lipinski definition) is 4. The molecule has 172 valence electrons. The highest BCUT2D eigenvalue weighted by Crippen LogP contribution is 2.34. The molecule has 4 heterocycles. The van der Waals surface area contributed by atoms with Crippen LogP contribution in [0.1, 0.15) is 25.2 Å². The summed E-state index contributed by atoms with van der Waals surface area (Å²) in [7, 11) is 0. The Kier molecular flexibility index (Phi) is 4.74. The number of fused-ring (bicyclic) bond motifs is 3. The average molecular weight is 466 g/mol. The van der Waals surface area contributed by atoms with Crippen LogP contribution in [0.15, 0.2) is 89.5 Å². The van der Waals surface area contributed by atoms with E-state index in [1.54, 1.807) is 16.8 Å². The highest BCUT2D eigenvalue weighted by molar-refractivity contribution is 6.07. The van der Waals surface area contributed by atoms with Crippen LogP contribution in [0.25, 0.3) is 38.9 Å². The SMILES string of the molecule is CC(C)(c1cccc(-c2ccc(F)nc2F)n1)c1ccn(-c2cccc3c2oc2ccccc23)n1. The number of para-hydroxylation sites is 2. The van der Waals surface area contributed by atoms with E-state index in [1.807, 2.05) is 74.6 Å². The summed E-state index contributed by atoms with van der Waals surface area (Å²) >= 11 is 0. The number of hydrogen-bond donors (Lipinski definition) is 0. The lowest BCUT2D eigenvalue weighted by molar-refractivity contribution is 0.514. The molecule has 0 fully saturated rings. The van der Waals surface area contributed by atoms with Crippen molar-refractivity contribution in [2.24, 2.45) is 0 Å². The molecule has 4 aromatic heterocycles. The number of furan rings is 1. The molecule has 2 aromatic carbocycles. The molecular weight excluding hydrogens is 446 g/mol. The van der Waals surface area contributed by atoms with Gasteiger partial charge in [-0.05, 0) is 56.3 Å². The third-order valence-corrected chi connectivity index (χ3v) is 6.34. The number of halogens is 2. The molecule has 6 rings (SSSR count). The molecule has 0 aliphatic rings. The lowest BCUT2D eigenvalue weighted by atomic mass is 9.85. The zero-order valence-electron chi connectivity index (χ0n) is 19.0. The van der Waals surface area contributed by atoms with E-state index in [-0.39, 0.29) is 5.56 Å². The lowest BCUT2D eigenvalue weighted by Crippen LogP contribution is -2.22. The van der Waals surface area contributed by atoms with Crippen molar-refractivity contribution in [1.29, 1.82) is 0 Å². The first kappa shape index (κ1) is 21.2. The Labute approximate surface area is 199 Å². The van der Waals surface area contributed by atoms with E-state index in [0.29, 0.717) is 11.4 Å². The number of benzene rings is 2. The Morgan fingerprint density at radius 1 is 0.771 bits per heavy atom. The second kappa shape index (κ2) is 7.84. The Morgan fingerprint density at radius 2 is 1.57 bits per heavy atom. The zero-order valence-corrected chi connectivity index (χ0v) is 19.0. The summed E-state index contributed by atoms with van der Waals surface area (Å²) in [6.45, 7) is 4.01. The first-order valence-electron chi connectivity index (χ1n) is 11.2. The number of nitrogens with zero attached hydrogens (tertiary/aromatic N) is 4. The summed E-state index contributed by atoms with van der Waals surface area (Å²) in [4.78, 5) is 7.95. The lowest BCUT2D eigenvalue weighted by Gasteiger charge is -2.22. The van der Waals surface area contributed by atoms with Gasteiger partial charge in [-0.3, -0.25) is 4.98 Å². The summed E-state index contributed by atoms with van der Waals surface area (Å²) in [6, 6.07) is 23.7. The van der Waals surface area contributed by atoms with Gasteiger partial charge in [-0.2, -0.15) is 18.9 Å². The van der Waals surface area contributed by atoms with Crippen molar-refractivity contribution in [3.05, 3.63) is 108 Å². The van der Waals surface area contributed by atoms with Gasteiger partial charge in [0.25, 0.3) is 0 Å². The van der Waals surface area contributed by atoms with Crippen LogP contribution >= 0.6 is 0 Å². The molecule has 0 unspecified atom stereocenters. The fourth-order valence-electron chi connectivity index (χ4n) is 4.37. The zero-order chi connectivity index (χ0) is 24.2. The number of pyridine rings is 2. The molecule has 0 N–H and O–H groups in total. The van der Waals surface area contributed by atoms with Gasteiger partial charge in [0.2, 0.25) is 11.9 Å². The third-order valence-electron chi connectivity index (χ3n) is 6.34. The summed E-state index contributed by atoms with van der Waals surface area (Å²) in [5, 5.41) is 6.94. The minimum absolute atomic E-state index is 0.145. The molecule has 0 amide bonds. The average Bonchev–Trinajstić information content (AvgIpc) is 3.50. The van der Waals surface area contributed by atoms with Gasteiger partial charge in [0.05, 0.1) is 28.1 Å². The molecule has 5 nitrogen and oxygen atoms in total. The van der Waals surface area contributed by atoms with Crippen molar-refractivity contribution in [3.63, 3.8) is 0 Å². The topological polar surface area (TPSA) is 56.7 Å². The van der Waals surface area contributed by atoms with E-state index in [2.05, 4.69) is 9.97 Å². The Morgan fingerprint density at radius 3 is 2.43 bits per heavy atom. The fourth-order valence-corrected chi connectivity index (χ4v) is 4.37. The van der Waals surface area contributed by atoms with Crippen LogP contribution in [0.3, 0.4) is 0 Å². The Bertz CT molecular complexity index is 1720. The van der Waals surface area contributed by atoms with E-state index in [4.69, 9.17) is 9.52 Å². The van der Waals surface area contributed by atoms with Gasteiger partial charge in [0.15, 0.2) is 5.58 Å². The van der Waals surface area contributed by atoms with E-state index >= 15 is 0 Å². The predicted octanol–water partition coefficient (Wildman–Crippen LogP) is 6.83. The molecule has 6 aromatic rings. The molecular formula is C28H20F2N4O. The summed E-state index contributed by atoms with van der Waals surface area (Å²) < 4.78 is 35.5. The second-order valence-corrected chi connectivity index (χ2v) is 8.90. The molecule has 0 saturated carbocycles. The quantitative estimate of drug-likeness (QED) is 0.267. The normalized spacial score (nSPS) is 12.0. The molecule has 0 aliphatic carbocycles. The smallest absolute Gasteiger partial charge is 0.224 e. The van der Waals surface area contributed by atoms with Gasteiger partial charge in [-0.25, -0.2) is 4.68 Å². The van der Waals surface area contributed by atoms with Crippen LogP contribution in [0.5, 0.6) is 0 Å². The fraction of sp³-hybridized carbons (Fsp3) is 0.107. The molecule has 0 atom stereocenters. The van der Waals surface area contributed by atoms with Crippen LogP contribution in [-0.4, -0.2) is 19.7 Å². The largest absolute Gasteiger partial charge is 0.454 e. The maximum atomic E-state index is 14.3. The van der Waals surface area contributed by atoms with Gasteiger partial charge in [-0.1, -0.05) is 36.4 Å². The predicted molar refractivity (Wildman–Crippen MR) is 130 cm³/mol. The van der Waals surface area contributed by atoms with E-state index < -0.39 is 17.3 Å². The monoisotopic (exact) mass is 466 g/mol. The van der Waals surface area contributed by atoms with Crippen molar-refractivity contribution in [2.75, 3.05) is 0 Å². The van der Waals surface area contributed by atoms with E-state index in [9.17, 15) is 8.78 Å². The van der Waals surface area contributed by atoms with Gasteiger partial charge in [0, 0.05) is 17.0 Å². The van der Waals surface area contributed by atoms with Crippen molar-refractivity contribution in [3.8, 4) is 16.9 Å². The van der Waals surface area contributed by atoms with Crippen molar-refractivity contribution < 1.29 is 13.2 Å². The Balaban J connectivity index is 1.41. The number of aromatic nitrogens is 4. The van der Waals surface area contributed by atoms with Crippen LogP contribution in [0.2, 0.25) is 0 Å². The summed E-state index contributed by atoms with van der Waals surface area (Å²) in [5.41, 5.74) is 3.85. The van der Waals surface area contributed by atoms with Crippen LogP contribution < -0.4 is 0 Å². The summed E-state index contributed by atoms with van der Waals surface area (Å²) in [5.74, 6) is -1.76. The molecule has 0 spiro atoms. The van der Waals surface area contributed by atoms with Crippen LogP contribution in [0, 0.1) is 11.9 Å². The highest BCUT2D eigenvalue weighted by atomic mass is 19.1. The van der Waals surface area contributed by atoms with Crippen LogP contribution in [-0.2, 0) is 5.41 Å². The minimum atomic E-state index is -0.893. The first-order chi connectivity index (χ1) is 16.9. The molecule has 0 radical (unpaired) electrons. The number of rotatable bonds is 4. The van der Waals surface area contributed by atoms with Gasteiger partial charge < -0.3 is 4.42 Å². The summed E-state index contributed by atoms with van der Waals surface area (Å²) in [6.07, 6.45) is 1.90. The van der Waals surface area contributed by atoms with E-state index in [0.717, 1.165) is 39.4 Å². The van der Waals surface area contributed by atoms with Crippen LogP contribution in [0.4, 0.5) is 8.78 Å². The first-order valence-corrected chi connectivity index (χ1v) is 11.2. The molecule has 35 heavy (non-hydrogen) atoms. The van der Waals surface area contributed by atoms with Gasteiger partial charge in [0.1, 0.15) is 11.3 Å². The molecule has 0 bridgehead atoms. The maximum Gasteiger partial charge on any atom is 0.224 e. The minimum Gasteiger partial charge on any atom is -0.454 e. The van der Waals surface area contributed by atoms with Gasteiger partial charge >= 0.3 is 0 Å². The standard InChI is InChI=1S/C28H20F2N4O/c1-28(2,23-12-6-9-20(31-23)19-13-14-25(29)32-27(19)30)24-15-16-34(33-24)21-10-5-8-18-17-7-3-4-11-22(17)35-26(18)21/h3-16H,1-2H3. The van der Waals surface area contributed by atoms with Gasteiger partial charge in [-0.15, -0.1) is 0 Å². The molecule has 0 aliphatic heterocycles. The second-order valence-electron chi connectivity index (χ2n) is 8.90. The Hall–Kier alpha value is -4.39.